The van der Waals surface area contributed by atoms with Crippen LogP contribution >= 0.6 is 15.9 Å². The topological polar surface area (TPSA) is 20.2 Å². The van der Waals surface area contributed by atoms with Crippen molar-refractivity contribution in [1.82, 2.24) is 0 Å². The summed E-state index contributed by atoms with van der Waals surface area (Å²) in [5.41, 5.74) is 2.09. The van der Waals surface area contributed by atoms with Crippen LogP contribution in [0, 0.1) is 0 Å². The van der Waals surface area contributed by atoms with E-state index >= 15 is 0 Å². The Hall–Kier alpha value is -0.760. The Bertz CT molecular complexity index is 281. The molecule has 0 fully saturated rings. The monoisotopic (exact) mass is 226 g/mol. The van der Waals surface area contributed by atoms with Crippen molar-refractivity contribution in [3.63, 3.8) is 0 Å². The molecule has 1 rings (SSSR count). The lowest BCUT2D eigenvalue weighted by Crippen LogP contribution is -1.86. The number of rotatable bonds is 3. The normalized spacial score (nSPS) is 9.75. The number of hydrogen-bond acceptors (Lipinski definition) is 1. The van der Waals surface area contributed by atoms with Gasteiger partial charge in [0.25, 0.3) is 0 Å². The van der Waals surface area contributed by atoms with Gasteiger partial charge < -0.3 is 5.11 Å². The van der Waals surface area contributed by atoms with E-state index in [0.717, 1.165) is 22.9 Å². The van der Waals surface area contributed by atoms with Crippen molar-refractivity contribution >= 4 is 22.0 Å². The maximum Gasteiger partial charge on any atom is 0.116 e. The first kappa shape index (κ1) is 9.33. The van der Waals surface area contributed by atoms with Crippen LogP contribution in [0.5, 0.6) is 5.75 Å². The molecule has 1 N–H and O–H groups in total. The van der Waals surface area contributed by atoms with Crippen LogP contribution in [0.3, 0.4) is 0 Å². The van der Waals surface area contributed by atoms with E-state index in [0.29, 0.717) is 5.75 Å². The first-order valence-electron chi connectivity index (χ1n) is 3.77. The third-order valence-electron chi connectivity index (χ3n) is 1.62. The third-order valence-corrected chi connectivity index (χ3v) is 2.02. The van der Waals surface area contributed by atoms with Gasteiger partial charge in [-0.25, -0.2) is 0 Å². The number of halogens is 1. The summed E-state index contributed by atoms with van der Waals surface area (Å²) in [6.45, 7) is 3.65. The molecule has 0 aliphatic carbocycles. The summed E-state index contributed by atoms with van der Waals surface area (Å²) >= 11 is 3.35. The molecule has 1 aromatic carbocycles. The lowest BCUT2D eigenvalue weighted by atomic mass is 10.1. The molecule has 0 bridgehead atoms. The predicted molar refractivity (Wildman–Crippen MR) is 55.7 cm³/mol. The van der Waals surface area contributed by atoms with Crippen molar-refractivity contribution < 1.29 is 5.11 Å². The zero-order chi connectivity index (χ0) is 8.97. The van der Waals surface area contributed by atoms with Crippen LogP contribution in [-0.2, 0) is 6.42 Å². The maximum atomic E-state index is 9.29. The molecule has 2 heteroatoms. The summed E-state index contributed by atoms with van der Waals surface area (Å²) in [5.74, 6) is 0.309. The SMILES string of the molecule is C=Cc1cc(O)cc(CCBr)c1. The smallest absolute Gasteiger partial charge is 0.116 e. The van der Waals surface area contributed by atoms with Crippen LogP contribution in [-0.4, -0.2) is 10.4 Å². The van der Waals surface area contributed by atoms with Gasteiger partial charge in [0.15, 0.2) is 0 Å². The van der Waals surface area contributed by atoms with Gasteiger partial charge in [0.05, 0.1) is 0 Å². The third kappa shape index (κ3) is 2.38. The first-order chi connectivity index (χ1) is 5.76. The minimum Gasteiger partial charge on any atom is -0.508 e. The molecule has 0 unspecified atom stereocenters. The second kappa shape index (κ2) is 4.31. The molecule has 1 nitrogen and oxygen atoms in total. The molecule has 0 saturated heterocycles. The van der Waals surface area contributed by atoms with E-state index in [4.69, 9.17) is 0 Å². The summed E-state index contributed by atoms with van der Waals surface area (Å²) in [6.07, 6.45) is 2.66. The standard InChI is InChI=1S/C10H11BrO/c1-2-8-5-9(3-4-11)7-10(12)6-8/h2,5-7,12H,1,3-4H2. The molecule has 0 radical (unpaired) electrons. The second-order valence-electron chi connectivity index (χ2n) is 2.58. The maximum absolute atomic E-state index is 9.29. The number of phenolic OH excluding ortho intramolecular Hbond substituents is 1. The van der Waals surface area contributed by atoms with Crippen LogP contribution in [0.15, 0.2) is 24.8 Å². The van der Waals surface area contributed by atoms with Gasteiger partial charge >= 0.3 is 0 Å². The van der Waals surface area contributed by atoms with Crippen LogP contribution in [0.4, 0.5) is 0 Å². The van der Waals surface area contributed by atoms with Gasteiger partial charge in [0.1, 0.15) is 5.75 Å². The summed E-state index contributed by atoms with van der Waals surface area (Å²) in [7, 11) is 0. The number of alkyl halides is 1. The Balaban J connectivity index is 2.97. The summed E-state index contributed by atoms with van der Waals surface area (Å²) in [5, 5.41) is 10.2. The van der Waals surface area contributed by atoms with Gasteiger partial charge in [-0.3, -0.25) is 0 Å². The fourth-order valence-electron chi connectivity index (χ4n) is 1.07. The van der Waals surface area contributed by atoms with Crippen molar-refractivity contribution in [3.8, 4) is 5.75 Å². The molecule has 0 aliphatic rings. The van der Waals surface area contributed by atoms with Crippen molar-refractivity contribution in [2.75, 3.05) is 5.33 Å². The number of hydrogen-bond donors (Lipinski definition) is 1. The van der Waals surface area contributed by atoms with Gasteiger partial charge in [-0.2, -0.15) is 0 Å². The van der Waals surface area contributed by atoms with E-state index < -0.39 is 0 Å². The number of aryl methyl sites for hydroxylation is 1. The fourth-order valence-corrected chi connectivity index (χ4v) is 1.53. The van der Waals surface area contributed by atoms with Gasteiger partial charge in [-0.1, -0.05) is 34.7 Å². The Morgan fingerprint density at radius 3 is 2.75 bits per heavy atom. The van der Waals surface area contributed by atoms with E-state index in [2.05, 4.69) is 22.5 Å². The van der Waals surface area contributed by atoms with Crippen LogP contribution in [0.1, 0.15) is 11.1 Å². The van der Waals surface area contributed by atoms with Gasteiger partial charge in [0.2, 0.25) is 0 Å². The molecule has 1 aromatic rings. The molecule has 64 valence electrons. The molecule has 0 spiro atoms. The Morgan fingerprint density at radius 1 is 1.42 bits per heavy atom. The van der Waals surface area contributed by atoms with E-state index in [1.807, 2.05) is 6.07 Å². The molecule has 0 saturated carbocycles. The summed E-state index contributed by atoms with van der Waals surface area (Å²) < 4.78 is 0. The average Bonchev–Trinajstić information content (AvgIpc) is 2.04. The average molecular weight is 227 g/mol. The fraction of sp³-hybridized carbons (Fsp3) is 0.200. The summed E-state index contributed by atoms with van der Waals surface area (Å²) in [6, 6.07) is 5.49. The largest absolute Gasteiger partial charge is 0.508 e. The van der Waals surface area contributed by atoms with E-state index in [9.17, 15) is 5.11 Å². The van der Waals surface area contributed by atoms with Gasteiger partial charge in [-0.05, 0) is 29.7 Å². The highest BCUT2D eigenvalue weighted by atomic mass is 79.9. The van der Waals surface area contributed by atoms with Crippen molar-refractivity contribution in [2.45, 2.75) is 6.42 Å². The first-order valence-corrected chi connectivity index (χ1v) is 4.89. The van der Waals surface area contributed by atoms with Crippen LogP contribution in [0.2, 0.25) is 0 Å². The second-order valence-corrected chi connectivity index (χ2v) is 3.37. The number of phenols is 1. The minimum absolute atomic E-state index is 0.309. The van der Waals surface area contributed by atoms with E-state index in [-0.39, 0.29) is 0 Å². The molecule has 0 aliphatic heterocycles. The highest BCUT2D eigenvalue weighted by molar-refractivity contribution is 9.09. The van der Waals surface area contributed by atoms with Crippen molar-refractivity contribution in [2.24, 2.45) is 0 Å². The van der Waals surface area contributed by atoms with Crippen molar-refractivity contribution in [1.29, 1.82) is 0 Å². The Kier molecular flexibility index (Phi) is 3.35. The molecular formula is C10H11BrO. The molecule has 0 heterocycles. The molecule has 12 heavy (non-hydrogen) atoms. The summed E-state index contributed by atoms with van der Waals surface area (Å²) in [4.78, 5) is 0. The van der Waals surface area contributed by atoms with E-state index in [1.165, 1.54) is 0 Å². The number of benzene rings is 1. The van der Waals surface area contributed by atoms with Gasteiger partial charge in [0, 0.05) is 5.33 Å². The van der Waals surface area contributed by atoms with Crippen LogP contribution < -0.4 is 0 Å². The van der Waals surface area contributed by atoms with Crippen LogP contribution in [0.25, 0.3) is 6.08 Å². The highest BCUT2D eigenvalue weighted by Crippen LogP contribution is 2.17. The molecule has 0 atom stereocenters. The lowest BCUT2D eigenvalue weighted by Gasteiger charge is -2.01. The Labute approximate surface area is 80.9 Å². The zero-order valence-electron chi connectivity index (χ0n) is 6.76. The molecule has 0 amide bonds. The number of aromatic hydroxyl groups is 1. The lowest BCUT2D eigenvalue weighted by molar-refractivity contribution is 0.474. The zero-order valence-corrected chi connectivity index (χ0v) is 8.34. The minimum atomic E-state index is 0.309. The molecular weight excluding hydrogens is 216 g/mol. The van der Waals surface area contributed by atoms with Crippen molar-refractivity contribution in [3.05, 3.63) is 35.9 Å². The predicted octanol–water partition coefficient (Wildman–Crippen LogP) is 2.97. The van der Waals surface area contributed by atoms with Gasteiger partial charge in [-0.15, -0.1) is 0 Å². The highest BCUT2D eigenvalue weighted by Gasteiger charge is 1.96. The Morgan fingerprint density at radius 2 is 2.17 bits per heavy atom. The van der Waals surface area contributed by atoms with E-state index in [1.54, 1.807) is 18.2 Å². The quantitative estimate of drug-likeness (QED) is 0.787. The molecule has 0 aromatic heterocycles.